The molecule has 3 aromatic carbocycles. The van der Waals surface area contributed by atoms with Crippen LogP contribution in [0.3, 0.4) is 0 Å². The van der Waals surface area contributed by atoms with Gasteiger partial charge < -0.3 is 38.8 Å². The summed E-state index contributed by atoms with van der Waals surface area (Å²) < 4.78 is 29.9. The summed E-state index contributed by atoms with van der Waals surface area (Å²) in [6.45, 7) is 0. The van der Waals surface area contributed by atoms with Crippen molar-refractivity contribution in [1.29, 1.82) is 0 Å². The van der Waals surface area contributed by atoms with Crippen molar-refractivity contribution < 1.29 is 38.7 Å². The lowest BCUT2D eigenvalue weighted by atomic mass is 9.70. The van der Waals surface area contributed by atoms with Crippen LogP contribution in [0.2, 0.25) is 0 Å². The van der Waals surface area contributed by atoms with Gasteiger partial charge in [-0.2, -0.15) is 0 Å². The number of carbonyl (C=O) groups is 1. The zero-order chi connectivity index (χ0) is 28.1. The van der Waals surface area contributed by atoms with Crippen LogP contribution in [0.25, 0.3) is 0 Å². The number of amides is 1. The molecule has 5 rings (SSSR count). The van der Waals surface area contributed by atoms with E-state index in [1.165, 1.54) is 39.4 Å². The number of aliphatic hydroxyl groups is 1. The topological polar surface area (TPSA) is 107 Å². The lowest BCUT2D eigenvalue weighted by Gasteiger charge is -2.43. The van der Waals surface area contributed by atoms with Crippen LogP contribution in [0.15, 0.2) is 60.7 Å². The number of nitrogens with zero attached hydrogens (tertiary/aromatic N) is 1. The van der Waals surface area contributed by atoms with E-state index in [-0.39, 0.29) is 17.4 Å². The maximum Gasteiger partial charge on any atom is 0.228 e. The molecule has 0 radical (unpaired) electrons. The van der Waals surface area contributed by atoms with E-state index < -0.39 is 29.1 Å². The van der Waals surface area contributed by atoms with Crippen molar-refractivity contribution in [3.8, 4) is 28.7 Å². The normalized spacial score (nSPS) is 26.8. The molecule has 0 unspecified atom stereocenters. The highest BCUT2D eigenvalue weighted by Crippen LogP contribution is 2.71. The standard InChI is InChI=1S/C30H33NO8/c1-31(2)28(34)24-25(17-10-8-7-9-11-17)29(18-12-13-21(36-4)20(32)14-18)30(38-6,27(24)33)26-22(37-5)15-19(35-3)16-23(26)39-29/h7-16,24-25,27,32-33H,1-6H3/t24-,25-,27-,29+,30+/m1/s1. The second kappa shape index (κ2) is 9.66. The highest BCUT2D eigenvalue weighted by atomic mass is 16.6. The third kappa shape index (κ3) is 3.49. The number of hydrogen-bond acceptors (Lipinski definition) is 8. The minimum Gasteiger partial charge on any atom is -0.504 e. The molecule has 9 nitrogen and oxygen atoms in total. The first-order chi connectivity index (χ1) is 18.7. The van der Waals surface area contributed by atoms with Crippen LogP contribution in [0.5, 0.6) is 28.7 Å². The first-order valence-corrected chi connectivity index (χ1v) is 12.5. The number of fused-ring (bicyclic) bond motifs is 3. The molecular formula is C30H33NO8. The molecule has 1 fully saturated rings. The summed E-state index contributed by atoms with van der Waals surface area (Å²) in [7, 11) is 9.29. The quantitative estimate of drug-likeness (QED) is 0.474. The lowest BCUT2D eigenvalue weighted by Crippen LogP contribution is -2.53. The maximum atomic E-state index is 13.9. The van der Waals surface area contributed by atoms with Gasteiger partial charge in [-0.1, -0.05) is 36.4 Å². The van der Waals surface area contributed by atoms with Gasteiger partial charge in [0.15, 0.2) is 22.7 Å². The molecule has 1 amide bonds. The molecule has 1 aliphatic heterocycles. The molecule has 0 spiro atoms. The highest BCUT2D eigenvalue weighted by Gasteiger charge is 2.79. The van der Waals surface area contributed by atoms with Gasteiger partial charge in [-0.3, -0.25) is 4.79 Å². The average molecular weight is 536 g/mol. The van der Waals surface area contributed by atoms with Crippen molar-refractivity contribution in [3.05, 3.63) is 77.4 Å². The number of benzene rings is 3. The molecule has 206 valence electrons. The van der Waals surface area contributed by atoms with E-state index in [2.05, 4.69) is 0 Å². The van der Waals surface area contributed by atoms with Crippen LogP contribution >= 0.6 is 0 Å². The Kier molecular flexibility index (Phi) is 6.60. The van der Waals surface area contributed by atoms with Crippen LogP contribution in [-0.4, -0.2) is 69.7 Å². The molecule has 1 heterocycles. The highest BCUT2D eigenvalue weighted by molar-refractivity contribution is 5.83. The minimum absolute atomic E-state index is 0.123. The van der Waals surface area contributed by atoms with Crippen LogP contribution in [-0.2, 0) is 20.7 Å². The number of phenols is 1. The molecule has 1 saturated carbocycles. The van der Waals surface area contributed by atoms with E-state index in [0.717, 1.165) is 5.56 Å². The van der Waals surface area contributed by atoms with E-state index in [4.69, 9.17) is 23.7 Å². The first-order valence-electron chi connectivity index (χ1n) is 12.5. The Balaban J connectivity index is 1.94. The van der Waals surface area contributed by atoms with Crippen molar-refractivity contribution in [2.45, 2.75) is 23.2 Å². The molecule has 0 saturated heterocycles. The third-order valence-corrected chi connectivity index (χ3v) is 8.06. The Labute approximate surface area is 227 Å². The zero-order valence-electron chi connectivity index (χ0n) is 22.8. The predicted molar refractivity (Wildman–Crippen MR) is 143 cm³/mol. The smallest absolute Gasteiger partial charge is 0.228 e. The minimum atomic E-state index is -1.63. The largest absolute Gasteiger partial charge is 0.504 e. The summed E-state index contributed by atoms with van der Waals surface area (Å²) in [6.07, 6.45) is -1.38. The van der Waals surface area contributed by atoms with E-state index in [1.54, 1.807) is 38.4 Å². The molecular weight excluding hydrogens is 502 g/mol. The molecule has 1 aliphatic carbocycles. The van der Waals surface area contributed by atoms with Gasteiger partial charge in [0.2, 0.25) is 5.91 Å². The van der Waals surface area contributed by atoms with Crippen LogP contribution in [0.4, 0.5) is 0 Å². The number of aromatic hydroxyl groups is 1. The van der Waals surface area contributed by atoms with Gasteiger partial charge in [-0.15, -0.1) is 0 Å². The first kappa shape index (κ1) is 26.6. The Morgan fingerprint density at radius 1 is 0.923 bits per heavy atom. The summed E-state index contributed by atoms with van der Waals surface area (Å²) in [4.78, 5) is 15.3. The van der Waals surface area contributed by atoms with Crippen molar-refractivity contribution in [1.82, 2.24) is 4.90 Å². The van der Waals surface area contributed by atoms with Gasteiger partial charge in [0.25, 0.3) is 0 Å². The second-order valence-corrected chi connectivity index (χ2v) is 9.96. The van der Waals surface area contributed by atoms with E-state index in [1.807, 2.05) is 30.3 Å². The molecule has 39 heavy (non-hydrogen) atoms. The van der Waals surface area contributed by atoms with Gasteiger partial charge in [0.1, 0.15) is 23.4 Å². The van der Waals surface area contributed by atoms with E-state index in [0.29, 0.717) is 28.4 Å². The monoisotopic (exact) mass is 535 g/mol. The third-order valence-electron chi connectivity index (χ3n) is 8.06. The van der Waals surface area contributed by atoms with Crippen molar-refractivity contribution >= 4 is 5.91 Å². The predicted octanol–water partition coefficient (Wildman–Crippen LogP) is 3.41. The Morgan fingerprint density at radius 2 is 1.62 bits per heavy atom. The van der Waals surface area contributed by atoms with Gasteiger partial charge in [0, 0.05) is 44.8 Å². The Bertz CT molecular complexity index is 1390. The molecule has 3 aromatic rings. The van der Waals surface area contributed by atoms with Gasteiger partial charge in [-0.05, 0) is 17.7 Å². The van der Waals surface area contributed by atoms with Crippen LogP contribution < -0.4 is 18.9 Å². The number of rotatable bonds is 7. The molecule has 2 aliphatic rings. The fourth-order valence-corrected chi connectivity index (χ4v) is 6.50. The summed E-state index contributed by atoms with van der Waals surface area (Å²) in [5, 5.41) is 23.2. The second-order valence-electron chi connectivity index (χ2n) is 9.96. The fourth-order valence-electron chi connectivity index (χ4n) is 6.50. The Hall–Kier alpha value is -3.95. The number of carbonyl (C=O) groups excluding carboxylic acids is 1. The van der Waals surface area contributed by atoms with E-state index in [9.17, 15) is 15.0 Å². The molecule has 9 heteroatoms. The summed E-state index contributed by atoms with van der Waals surface area (Å²) in [5.41, 5.74) is -1.46. The number of ether oxygens (including phenoxy) is 5. The summed E-state index contributed by atoms with van der Waals surface area (Å²) >= 11 is 0. The summed E-state index contributed by atoms with van der Waals surface area (Å²) in [6, 6.07) is 17.7. The SMILES string of the molecule is COc1cc(OC)c2c(c1)O[C@@]1(c3ccc(OC)c(O)c3)[C@H](c3ccccc3)[C@@H](C(=O)N(C)C)[C@@H](O)[C@@]21OC. The fraction of sp³-hybridized carbons (Fsp3) is 0.367. The average Bonchev–Trinajstić information content (AvgIpc) is 3.37. The zero-order valence-corrected chi connectivity index (χ0v) is 22.8. The maximum absolute atomic E-state index is 13.9. The molecule has 0 aromatic heterocycles. The number of aliphatic hydroxyl groups excluding tert-OH is 1. The lowest BCUT2D eigenvalue weighted by molar-refractivity contribution is -0.174. The van der Waals surface area contributed by atoms with Gasteiger partial charge >= 0.3 is 0 Å². The molecule has 0 bridgehead atoms. The molecule has 5 atom stereocenters. The van der Waals surface area contributed by atoms with Crippen molar-refractivity contribution in [3.63, 3.8) is 0 Å². The summed E-state index contributed by atoms with van der Waals surface area (Å²) in [5.74, 6) is -0.654. The van der Waals surface area contributed by atoms with Crippen LogP contribution in [0, 0.1) is 5.92 Å². The Morgan fingerprint density at radius 3 is 2.18 bits per heavy atom. The van der Waals surface area contributed by atoms with E-state index >= 15 is 0 Å². The van der Waals surface area contributed by atoms with Crippen LogP contribution in [0.1, 0.15) is 22.6 Å². The van der Waals surface area contributed by atoms with Gasteiger partial charge in [-0.25, -0.2) is 0 Å². The van der Waals surface area contributed by atoms with Crippen molar-refractivity contribution in [2.75, 3.05) is 42.5 Å². The molecule has 2 N–H and O–H groups in total. The number of methoxy groups -OCH3 is 4. The van der Waals surface area contributed by atoms with Gasteiger partial charge in [0.05, 0.1) is 32.8 Å². The number of hydrogen-bond donors (Lipinski definition) is 2. The number of phenolic OH excluding ortho intramolecular Hbond substituents is 1. The van der Waals surface area contributed by atoms with Crippen molar-refractivity contribution in [2.24, 2.45) is 5.92 Å².